The van der Waals surface area contributed by atoms with Crippen LogP contribution in [0, 0.1) is 11.3 Å². The summed E-state index contributed by atoms with van der Waals surface area (Å²) in [6.45, 7) is 5.57. The van der Waals surface area contributed by atoms with Crippen LogP contribution in [0.2, 0.25) is 0 Å². The first-order chi connectivity index (χ1) is 10.2. The number of ketones is 2. The number of aromatic nitrogens is 2. The van der Waals surface area contributed by atoms with E-state index in [0.29, 0.717) is 12.8 Å². The van der Waals surface area contributed by atoms with Gasteiger partial charge in [0, 0.05) is 19.3 Å². The predicted octanol–water partition coefficient (Wildman–Crippen LogP) is 0.997. The summed E-state index contributed by atoms with van der Waals surface area (Å²) in [4.78, 5) is 52.5. The second-order valence-corrected chi connectivity index (χ2v) is 6.36. The van der Waals surface area contributed by atoms with E-state index in [4.69, 9.17) is 4.74 Å². The van der Waals surface area contributed by atoms with Crippen LogP contribution in [0.3, 0.4) is 0 Å². The lowest BCUT2D eigenvalue weighted by Gasteiger charge is -2.31. The first-order valence-electron chi connectivity index (χ1n) is 7.27. The summed E-state index contributed by atoms with van der Waals surface area (Å²) in [6.07, 6.45) is 0.639. The Balaban J connectivity index is 2.24. The summed E-state index contributed by atoms with van der Waals surface area (Å²) < 4.78 is 4.86. The van der Waals surface area contributed by atoms with Gasteiger partial charge in [-0.15, -0.1) is 0 Å². The van der Waals surface area contributed by atoms with Crippen molar-refractivity contribution < 1.29 is 19.1 Å². The van der Waals surface area contributed by atoms with E-state index in [9.17, 15) is 19.2 Å². The molecule has 7 nitrogen and oxygen atoms in total. The zero-order valence-electron chi connectivity index (χ0n) is 12.9. The van der Waals surface area contributed by atoms with Gasteiger partial charge < -0.3 is 9.72 Å². The lowest BCUT2D eigenvalue weighted by atomic mass is 9.70. The van der Waals surface area contributed by atoms with Crippen molar-refractivity contribution in [3.8, 4) is 0 Å². The molecule has 0 saturated heterocycles. The van der Waals surface area contributed by atoms with Gasteiger partial charge >= 0.3 is 11.7 Å². The summed E-state index contributed by atoms with van der Waals surface area (Å²) in [5.41, 5.74) is -0.665. The van der Waals surface area contributed by atoms with E-state index >= 15 is 0 Å². The summed E-state index contributed by atoms with van der Waals surface area (Å²) >= 11 is 0. The second kappa shape index (κ2) is 5.90. The van der Waals surface area contributed by atoms with Gasteiger partial charge in [0.15, 0.2) is 0 Å². The van der Waals surface area contributed by atoms with Crippen LogP contribution in [-0.4, -0.2) is 34.1 Å². The third-order valence-electron chi connectivity index (χ3n) is 3.78. The van der Waals surface area contributed by atoms with Crippen LogP contribution >= 0.6 is 0 Å². The first kappa shape index (κ1) is 16.2. The highest BCUT2D eigenvalue weighted by molar-refractivity contribution is 6.05. The fourth-order valence-corrected chi connectivity index (χ4v) is 2.81. The number of nitrogens with one attached hydrogen (secondary N) is 2. The largest absolute Gasteiger partial charge is 0.461 e. The van der Waals surface area contributed by atoms with Gasteiger partial charge in [0.25, 0.3) is 0 Å². The van der Waals surface area contributed by atoms with Crippen LogP contribution in [0.4, 0.5) is 0 Å². The van der Waals surface area contributed by atoms with Gasteiger partial charge in [-0.25, -0.2) is 9.59 Å². The lowest BCUT2D eigenvalue weighted by Crippen LogP contribution is -2.39. The van der Waals surface area contributed by atoms with Crippen molar-refractivity contribution in [1.82, 2.24) is 9.97 Å². The molecule has 7 heteroatoms. The molecule has 1 aliphatic rings. The Hall–Kier alpha value is -2.18. The maximum atomic E-state index is 12.2. The number of rotatable bonds is 4. The zero-order valence-corrected chi connectivity index (χ0v) is 12.9. The molecule has 0 spiro atoms. The van der Waals surface area contributed by atoms with Crippen LogP contribution in [-0.2, 0) is 20.7 Å². The number of aromatic amines is 2. The third kappa shape index (κ3) is 3.35. The molecule has 1 saturated carbocycles. The second-order valence-electron chi connectivity index (χ2n) is 6.36. The van der Waals surface area contributed by atoms with Crippen molar-refractivity contribution in [3.63, 3.8) is 0 Å². The number of esters is 1. The molecule has 1 aliphatic carbocycles. The summed E-state index contributed by atoms with van der Waals surface area (Å²) in [5, 5.41) is 0. The number of Topliss-reactive ketones (excluding diaryl/α,β-unsaturated/α-hetero) is 2. The molecule has 1 aromatic rings. The molecule has 0 aromatic carbocycles. The van der Waals surface area contributed by atoms with Crippen molar-refractivity contribution in [2.75, 3.05) is 6.61 Å². The Bertz CT molecular complexity index is 648. The molecule has 1 fully saturated rings. The quantitative estimate of drug-likeness (QED) is 0.637. The van der Waals surface area contributed by atoms with Crippen LogP contribution in [0.1, 0.15) is 49.8 Å². The van der Waals surface area contributed by atoms with E-state index in [1.165, 1.54) is 0 Å². The number of imidazole rings is 1. The predicted molar refractivity (Wildman–Crippen MR) is 77.6 cm³/mol. The number of hydrogen-bond acceptors (Lipinski definition) is 5. The van der Waals surface area contributed by atoms with Crippen molar-refractivity contribution in [2.45, 2.75) is 40.0 Å². The molecular weight excluding hydrogens is 288 g/mol. The van der Waals surface area contributed by atoms with Gasteiger partial charge in [0.2, 0.25) is 0 Å². The number of carbonyl (C=O) groups is 3. The smallest absolute Gasteiger partial charge is 0.356 e. The molecule has 0 amide bonds. The molecular formula is C15H20N2O5. The average Bonchev–Trinajstić information content (AvgIpc) is 2.74. The highest BCUT2D eigenvalue weighted by Crippen LogP contribution is 2.35. The Labute approximate surface area is 127 Å². The summed E-state index contributed by atoms with van der Waals surface area (Å²) in [5.74, 6) is -1.80. The molecule has 0 aliphatic heterocycles. The molecule has 2 N–H and O–H groups in total. The molecule has 2 rings (SSSR count). The molecule has 1 heterocycles. The topological polar surface area (TPSA) is 109 Å². The molecule has 0 radical (unpaired) electrons. The van der Waals surface area contributed by atoms with Gasteiger partial charge in [-0.1, -0.05) is 13.8 Å². The van der Waals surface area contributed by atoms with E-state index < -0.39 is 17.6 Å². The van der Waals surface area contributed by atoms with Crippen molar-refractivity contribution in [1.29, 1.82) is 0 Å². The first-order valence-corrected chi connectivity index (χ1v) is 7.27. The van der Waals surface area contributed by atoms with Crippen molar-refractivity contribution >= 4 is 17.5 Å². The van der Waals surface area contributed by atoms with E-state index in [0.717, 1.165) is 0 Å². The lowest BCUT2D eigenvalue weighted by molar-refractivity contribution is -0.139. The van der Waals surface area contributed by atoms with Gasteiger partial charge in [-0.2, -0.15) is 0 Å². The number of ether oxygens (including phenoxy) is 1. The number of carbonyl (C=O) groups excluding carboxylic acids is 3. The highest BCUT2D eigenvalue weighted by atomic mass is 16.5. The molecule has 0 unspecified atom stereocenters. The molecule has 120 valence electrons. The fraction of sp³-hybridized carbons (Fsp3) is 0.600. The van der Waals surface area contributed by atoms with Crippen LogP contribution < -0.4 is 5.69 Å². The monoisotopic (exact) mass is 308 g/mol. The highest BCUT2D eigenvalue weighted by Gasteiger charge is 2.40. The van der Waals surface area contributed by atoms with Crippen molar-refractivity contribution in [2.24, 2.45) is 11.3 Å². The van der Waals surface area contributed by atoms with E-state index in [2.05, 4.69) is 9.97 Å². The minimum atomic E-state index is -0.812. The maximum absolute atomic E-state index is 12.2. The zero-order chi connectivity index (χ0) is 16.5. The van der Waals surface area contributed by atoms with E-state index in [-0.39, 0.29) is 41.4 Å². The van der Waals surface area contributed by atoms with Gasteiger partial charge in [0.05, 0.1) is 18.2 Å². The van der Waals surface area contributed by atoms with Crippen LogP contribution in [0.15, 0.2) is 4.79 Å². The average molecular weight is 308 g/mol. The van der Waals surface area contributed by atoms with E-state index in [1.807, 2.05) is 13.8 Å². The van der Waals surface area contributed by atoms with Gasteiger partial charge in [0.1, 0.15) is 17.3 Å². The minimum Gasteiger partial charge on any atom is -0.461 e. The minimum absolute atomic E-state index is 0.0145. The Morgan fingerprint density at radius 2 is 1.77 bits per heavy atom. The van der Waals surface area contributed by atoms with Crippen molar-refractivity contribution in [3.05, 3.63) is 21.9 Å². The third-order valence-corrected chi connectivity index (χ3v) is 3.78. The van der Waals surface area contributed by atoms with E-state index in [1.54, 1.807) is 6.92 Å². The van der Waals surface area contributed by atoms with Crippen LogP contribution in [0.5, 0.6) is 0 Å². The van der Waals surface area contributed by atoms with Gasteiger partial charge in [-0.05, 0) is 12.3 Å². The SMILES string of the molecule is CCOC(=O)c1[nH]c(=O)[nH]c1CC1C(=O)CC(C)(C)CC1=O. The number of hydrogen-bond donors (Lipinski definition) is 2. The molecule has 1 aromatic heterocycles. The summed E-state index contributed by atoms with van der Waals surface area (Å²) in [7, 11) is 0. The number of H-pyrrole nitrogens is 2. The molecule has 22 heavy (non-hydrogen) atoms. The normalized spacial score (nSPS) is 18.5. The maximum Gasteiger partial charge on any atom is 0.356 e. The molecule has 0 atom stereocenters. The Morgan fingerprint density at radius 3 is 2.32 bits per heavy atom. The fourth-order valence-electron chi connectivity index (χ4n) is 2.81. The molecule has 0 bridgehead atoms. The summed E-state index contributed by atoms with van der Waals surface area (Å²) in [6, 6.07) is 0. The Kier molecular flexibility index (Phi) is 4.35. The standard InChI is InChI=1S/C15H20N2O5/c1-4-22-13(20)12-9(16-14(21)17-12)5-8-10(18)6-15(2,3)7-11(8)19/h8H,4-7H2,1-3H3,(H2,16,17,21). The van der Waals surface area contributed by atoms with Crippen LogP contribution in [0.25, 0.3) is 0 Å². The van der Waals surface area contributed by atoms with Gasteiger partial charge in [-0.3, -0.25) is 14.6 Å². The Morgan fingerprint density at radius 1 is 1.18 bits per heavy atom.